The van der Waals surface area contributed by atoms with Crippen LogP contribution in [0, 0.1) is 6.92 Å². The Morgan fingerprint density at radius 2 is 2.12 bits per heavy atom. The lowest BCUT2D eigenvalue weighted by atomic mass is 9.85. The number of aromatic nitrogens is 1. The second-order valence-electron chi connectivity index (χ2n) is 6.79. The first-order valence-corrected chi connectivity index (χ1v) is 9.18. The lowest BCUT2D eigenvalue weighted by molar-refractivity contribution is 0.419. The summed E-state index contributed by atoms with van der Waals surface area (Å²) in [4.78, 5) is 4.50. The molecule has 134 valence electrons. The zero-order valence-corrected chi connectivity index (χ0v) is 15.7. The lowest BCUT2D eigenvalue weighted by Crippen LogP contribution is -2.38. The van der Waals surface area contributed by atoms with Gasteiger partial charge in [0.25, 0.3) is 0 Å². The summed E-state index contributed by atoms with van der Waals surface area (Å²) in [6.45, 7) is 3.92. The van der Waals surface area contributed by atoms with Crippen LogP contribution < -0.4 is 15.4 Å². The fourth-order valence-corrected chi connectivity index (χ4v) is 4.05. The van der Waals surface area contributed by atoms with Crippen LogP contribution in [0.5, 0.6) is 5.75 Å². The van der Waals surface area contributed by atoms with E-state index < -0.39 is 0 Å². The third kappa shape index (κ3) is 2.89. The molecule has 4 nitrogen and oxygen atoms in total. The van der Waals surface area contributed by atoms with Gasteiger partial charge in [0.2, 0.25) is 0 Å². The summed E-state index contributed by atoms with van der Waals surface area (Å²) in [5, 5.41) is 9.08. The Labute approximate surface area is 158 Å². The van der Waals surface area contributed by atoms with Gasteiger partial charge in [-0.2, -0.15) is 0 Å². The number of halogens is 1. The predicted octanol–water partition coefficient (Wildman–Crippen LogP) is 4.51. The van der Waals surface area contributed by atoms with Gasteiger partial charge < -0.3 is 15.4 Å². The van der Waals surface area contributed by atoms with Crippen molar-refractivity contribution in [3.63, 3.8) is 0 Å². The maximum absolute atomic E-state index is 6.40. The zero-order chi connectivity index (χ0) is 18.1. The Morgan fingerprint density at radius 3 is 2.88 bits per heavy atom. The number of nitrogens with zero attached hydrogens (tertiary/aromatic N) is 1. The zero-order valence-electron chi connectivity index (χ0n) is 15.0. The topological polar surface area (TPSA) is 46.2 Å². The number of hydrogen-bond donors (Lipinski definition) is 2. The van der Waals surface area contributed by atoms with Crippen LogP contribution in [-0.2, 0) is 5.54 Å². The van der Waals surface area contributed by atoms with E-state index in [0.717, 1.165) is 52.4 Å². The molecule has 5 heteroatoms. The molecule has 1 aliphatic heterocycles. The van der Waals surface area contributed by atoms with E-state index in [-0.39, 0.29) is 5.54 Å². The Balaban J connectivity index is 1.76. The van der Waals surface area contributed by atoms with Crippen molar-refractivity contribution in [3.05, 3.63) is 64.8 Å². The smallest absolute Gasteiger partial charge is 0.129 e. The van der Waals surface area contributed by atoms with E-state index in [0.29, 0.717) is 0 Å². The molecule has 0 radical (unpaired) electrons. The van der Waals surface area contributed by atoms with Gasteiger partial charge in [0, 0.05) is 28.8 Å². The van der Waals surface area contributed by atoms with Crippen molar-refractivity contribution in [3.8, 4) is 5.75 Å². The van der Waals surface area contributed by atoms with Crippen LogP contribution in [0.4, 0.5) is 5.69 Å². The number of hydrogen-bond acceptors (Lipinski definition) is 4. The number of fused-ring (bicyclic) bond motifs is 1. The van der Waals surface area contributed by atoms with Crippen molar-refractivity contribution in [1.29, 1.82) is 0 Å². The van der Waals surface area contributed by atoms with Crippen LogP contribution in [0.1, 0.15) is 17.5 Å². The van der Waals surface area contributed by atoms with Gasteiger partial charge in [-0.25, -0.2) is 0 Å². The van der Waals surface area contributed by atoms with Crippen molar-refractivity contribution in [2.45, 2.75) is 18.9 Å². The maximum atomic E-state index is 6.40. The minimum atomic E-state index is -0.179. The van der Waals surface area contributed by atoms with Crippen LogP contribution in [0.2, 0.25) is 5.02 Å². The standard InChI is InChI=1S/C21H22ClN3O/c1-14-17(4-3-5-18(14)22)21(9-11-23-13-21)25-15-6-7-16-19(12-15)24-10-8-20(16)26-2/h3-8,10,12,23,25H,9,11,13H2,1-2H3. The Bertz CT molecular complexity index is 951. The molecule has 0 bridgehead atoms. The number of rotatable bonds is 4. The van der Waals surface area contributed by atoms with Crippen LogP contribution >= 0.6 is 11.6 Å². The summed E-state index contributed by atoms with van der Waals surface area (Å²) < 4.78 is 5.43. The Kier molecular flexibility index (Phi) is 4.47. The fourth-order valence-electron chi connectivity index (χ4n) is 3.88. The molecule has 26 heavy (non-hydrogen) atoms. The van der Waals surface area contributed by atoms with Gasteiger partial charge in [-0.15, -0.1) is 0 Å². The van der Waals surface area contributed by atoms with E-state index in [9.17, 15) is 0 Å². The SMILES string of the molecule is COc1ccnc2cc(NC3(c4cccc(Cl)c4C)CCNC3)ccc12. The molecule has 1 atom stereocenters. The van der Waals surface area contributed by atoms with E-state index in [2.05, 4.69) is 46.8 Å². The molecule has 1 fully saturated rings. The van der Waals surface area contributed by atoms with Crippen LogP contribution in [0.3, 0.4) is 0 Å². The van der Waals surface area contributed by atoms with Crippen molar-refractivity contribution >= 4 is 28.2 Å². The fraction of sp³-hybridized carbons (Fsp3) is 0.286. The summed E-state index contributed by atoms with van der Waals surface area (Å²) in [6, 6.07) is 14.3. The first-order valence-electron chi connectivity index (χ1n) is 8.80. The molecule has 0 amide bonds. The summed E-state index contributed by atoms with van der Waals surface area (Å²) in [7, 11) is 1.68. The summed E-state index contributed by atoms with van der Waals surface area (Å²) in [6.07, 6.45) is 2.77. The maximum Gasteiger partial charge on any atom is 0.129 e. The molecule has 2 N–H and O–H groups in total. The Morgan fingerprint density at radius 1 is 1.23 bits per heavy atom. The molecule has 1 aliphatic rings. The molecule has 0 saturated carbocycles. The van der Waals surface area contributed by atoms with Gasteiger partial charge in [-0.05, 0) is 61.3 Å². The quantitative estimate of drug-likeness (QED) is 0.712. The number of benzene rings is 2. The highest BCUT2D eigenvalue weighted by atomic mass is 35.5. The summed E-state index contributed by atoms with van der Waals surface area (Å²) in [5.74, 6) is 0.837. The highest BCUT2D eigenvalue weighted by Gasteiger charge is 2.37. The van der Waals surface area contributed by atoms with Crippen molar-refractivity contribution in [2.24, 2.45) is 0 Å². The first-order chi connectivity index (χ1) is 12.6. The number of ether oxygens (including phenoxy) is 1. The number of nitrogens with one attached hydrogen (secondary N) is 2. The minimum Gasteiger partial charge on any atom is -0.496 e. The van der Waals surface area contributed by atoms with Crippen LogP contribution in [0.15, 0.2) is 48.7 Å². The van der Waals surface area contributed by atoms with Gasteiger partial charge >= 0.3 is 0 Å². The highest BCUT2D eigenvalue weighted by Crippen LogP contribution is 2.37. The van der Waals surface area contributed by atoms with E-state index in [1.807, 2.05) is 18.2 Å². The molecule has 1 aromatic heterocycles. The second kappa shape index (κ2) is 6.78. The molecule has 1 saturated heterocycles. The molecule has 0 spiro atoms. The van der Waals surface area contributed by atoms with E-state index in [4.69, 9.17) is 16.3 Å². The molecular formula is C21H22ClN3O. The minimum absolute atomic E-state index is 0.179. The summed E-state index contributed by atoms with van der Waals surface area (Å²) >= 11 is 6.40. The molecular weight excluding hydrogens is 346 g/mol. The van der Waals surface area contributed by atoms with Gasteiger partial charge in [0.1, 0.15) is 5.75 Å². The van der Waals surface area contributed by atoms with Crippen LogP contribution in [0.25, 0.3) is 10.9 Å². The largest absolute Gasteiger partial charge is 0.496 e. The monoisotopic (exact) mass is 367 g/mol. The lowest BCUT2D eigenvalue weighted by Gasteiger charge is -2.33. The molecule has 2 heterocycles. The highest BCUT2D eigenvalue weighted by molar-refractivity contribution is 6.31. The molecule has 0 aliphatic carbocycles. The number of anilines is 1. The second-order valence-corrected chi connectivity index (χ2v) is 7.20. The van der Waals surface area contributed by atoms with Gasteiger partial charge in [-0.1, -0.05) is 23.7 Å². The summed E-state index contributed by atoms with van der Waals surface area (Å²) in [5.41, 5.74) is 4.15. The third-order valence-electron chi connectivity index (χ3n) is 5.24. The number of pyridine rings is 1. The van der Waals surface area contributed by atoms with Crippen molar-refractivity contribution in [2.75, 3.05) is 25.5 Å². The molecule has 4 rings (SSSR count). The Hall–Kier alpha value is -2.30. The van der Waals surface area contributed by atoms with Gasteiger partial charge in [-0.3, -0.25) is 4.98 Å². The average molecular weight is 368 g/mol. The molecule has 2 aromatic carbocycles. The van der Waals surface area contributed by atoms with Crippen molar-refractivity contribution < 1.29 is 4.74 Å². The third-order valence-corrected chi connectivity index (χ3v) is 5.65. The van der Waals surface area contributed by atoms with E-state index in [1.54, 1.807) is 13.3 Å². The normalized spacial score (nSPS) is 19.7. The van der Waals surface area contributed by atoms with Gasteiger partial charge in [0.05, 0.1) is 18.2 Å². The first kappa shape index (κ1) is 17.1. The molecule has 1 unspecified atom stereocenters. The van der Waals surface area contributed by atoms with Crippen molar-refractivity contribution in [1.82, 2.24) is 10.3 Å². The predicted molar refractivity (Wildman–Crippen MR) is 107 cm³/mol. The van der Waals surface area contributed by atoms with Gasteiger partial charge in [0.15, 0.2) is 0 Å². The van der Waals surface area contributed by atoms with E-state index in [1.165, 1.54) is 5.56 Å². The molecule has 3 aromatic rings. The van der Waals surface area contributed by atoms with Crippen LogP contribution in [-0.4, -0.2) is 25.2 Å². The average Bonchev–Trinajstić information content (AvgIpc) is 3.12. The van der Waals surface area contributed by atoms with E-state index >= 15 is 0 Å². The number of methoxy groups -OCH3 is 1.